The Hall–Kier alpha value is -0.830. The summed E-state index contributed by atoms with van der Waals surface area (Å²) in [6.45, 7) is 1.89. The molecule has 1 aromatic rings. The van der Waals surface area contributed by atoms with E-state index in [0.29, 0.717) is 0 Å². The van der Waals surface area contributed by atoms with Gasteiger partial charge in [-0.25, -0.2) is 8.42 Å². The lowest BCUT2D eigenvalue weighted by molar-refractivity contribution is 0.603. The van der Waals surface area contributed by atoms with Crippen LogP contribution in [-0.4, -0.2) is 8.42 Å². The van der Waals surface area contributed by atoms with Crippen LogP contribution in [0.3, 0.4) is 0 Å². The van der Waals surface area contributed by atoms with Crippen LogP contribution in [0.25, 0.3) is 0 Å². The van der Waals surface area contributed by atoms with Gasteiger partial charge < -0.3 is 0 Å². The first-order valence-corrected chi connectivity index (χ1v) is 5.41. The van der Waals surface area contributed by atoms with Crippen molar-refractivity contribution in [3.8, 4) is 0 Å². The van der Waals surface area contributed by atoms with Gasteiger partial charge in [0.2, 0.25) is 0 Å². The van der Waals surface area contributed by atoms with E-state index >= 15 is 0 Å². The molecule has 1 aromatic carbocycles. The molecule has 0 aliphatic heterocycles. The summed E-state index contributed by atoms with van der Waals surface area (Å²) in [7, 11) is -3.15. The van der Waals surface area contributed by atoms with Crippen LogP contribution < -0.4 is 0 Å². The third-order valence-electron chi connectivity index (χ3n) is 1.64. The molecule has 0 saturated carbocycles. The molecular formula is C9H11O2S. The second-order valence-corrected chi connectivity index (χ2v) is 4.59. The summed E-state index contributed by atoms with van der Waals surface area (Å²) in [5.74, 6) is 0.0275. The van der Waals surface area contributed by atoms with Crippen LogP contribution in [0.1, 0.15) is 11.1 Å². The molecule has 1 rings (SSSR count). The highest BCUT2D eigenvalue weighted by atomic mass is 32.2. The van der Waals surface area contributed by atoms with Gasteiger partial charge in [0.25, 0.3) is 0 Å². The van der Waals surface area contributed by atoms with Crippen molar-refractivity contribution in [2.75, 3.05) is 0 Å². The SMILES string of the molecule is [CH2]S(=O)(=O)Cc1ccccc1C. The lowest BCUT2D eigenvalue weighted by Crippen LogP contribution is -1.99. The molecule has 0 heterocycles. The maximum atomic E-state index is 10.8. The predicted molar refractivity (Wildman–Crippen MR) is 49.2 cm³/mol. The summed E-state index contributed by atoms with van der Waals surface area (Å²) in [5.41, 5.74) is 1.82. The topological polar surface area (TPSA) is 34.1 Å². The minimum atomic E-state index is -3.15. The number of hydrogen-bond acceptors (Lipinski definition) is 2. The molecule has 0 spiro atoms. The molecule has 0 aliphatic carbocycles. The van der Waals surface area contributed by atoms with E-state index in [1.807, 2.05) is 25.1 Å². The lowest BCUT2D eigenvalue weighted by atomic mass is 10.1. The largest absolute Gasteiger partial charge is 0.228 e. The molecule has 2 nitrogen and oxygen atoms in total. The van der Waals surface area contributed by atoms with Gasteiger partial charge in [-0.15, -0.1) is 0 Å². The highest BCUT2D eigenvalue weighted by Crippen LogP contribution is 2.10. The Balaban J connectivity index is 2.98. The van der Waals surface area contributed by atoms with E-state index in [4.69, 9.17) is 0 Å². The fourth-order valence-corrected chi connectivity index (χ4v) is 1.81. The molecule has 3 heteroatoms. The summed E-state index contributed by atoms with van der Waals surface area (Å²) in [4.78, 5) is 0. The second kappa shape index (κ2) is 3.27. The number of hydrogen-bond donors (Lipinski definition) is 0. The van der Waals surface area contributed by atoms with Gasteiger partial charge in [0, 0.05) is 0 Å². The second-order valence-electron chi connectivity index (χ2n) is 2.81. The van der Waals surface area contributed by atoms with Crippen molar-refractivity contribution >= 4 is 9.84 Å². The van der Waals surface area contributed by atoms with Gasteiger partial charge in [-0.2, -0.15) is 0 Å². The first kappa shape index (κ1) is 9.26. The number of aryl methyl sites for hydroxylation is 1. The summed E-state index contributed by atoms with van der Waals surface area (Å²) >= 11 is 0. The highest BCUT2D eigenvalue weighted by Gasteiger charge is 2.05. The van der Waals surface area contributed by atoms with Gasteiger partial charge in [-0.1, -0.05) is 24.3 Å². The Morgan fingerprint density at radius 2 is 1.92 bits per heavy atom. The Morgan fingerprint density at radius 3 is 2.42 bits per heavy atom. The molecule has 0 amide bonds. The van der Waals surface area contributed by atoms with Gasteiger partial charge in [-0.3, -0.25) is 0 Å². The van der Waals surface area contributed by atoms with Gasteiger partial charge in [0.15, 0.2) is 9.84 Å². The molecule has 0 bridgehead atoms. The molecular weight excluding hydrogens is 172 g/mol. The minimum absolute atomic E-state index is 0.0275. The first-order chi connectivity index (χ1) is 5.49. The fourth-order valence-electron chi connectivity index (χ4n) is 1.01. The van der Waals surface area contributed by atoms with E-state index in [1.165, 1.54) is 0 Å². The predicted octanol–water partition coefficient (Wildman–Crippen LogP) is 1.70. The van der Waals surface area contributed by atoms with Crippen molar-refractivity contribution in [3.05, 3.63) is 41.6 Å². The summed E-state index contributed by atoms with van der Waals surface area (Å²) in [5, 5.41) is 0. The van der Waals surface area contributed by atoms with Crippen LogP contribution in [0, 0.1) is 13.2 Å². The highest BCUT2D eigenvalue weighted by molar-refractivity contribution is 7.91. The van der Waals surface area contributed by atoms with Gasteiger partial charge >= 0.3 is 0 Å². The average molecular weight is 183 g/mol. The van der Waals surface area contributed by atoms with E-state index in [9.17, 15) is 8.42 Å². The molecule has 0 saturated heterocycles. The third-order valence-corrected chi connectivity index (χ3v) is 2.39. The summed E-state index contributed by atoms with van der Waals surface area (Å²) < 4.78 is 21.7. The van der Waals surface area contributed by atoms with E-state index in [2.05, 4.69) is 6.26 Å². The minimum Gasteiger partial charge on any atom is -0.228 e. The number of benzene rings is 1. The van der Waals surface area contributed by atoms with Crippen LogP contribution in [0.5, 0.6) is 0 Å². The zero-order valence-corrected chi connectivity index (χ0v) is 7.76. The molecule has 0 aromatic heterocycles. The number of sulfone groups is 1. The van der Waals surface area contributed by atoms with Gasteiger partial charge in [0.05, 0.1) is 12.0 Å². The Kier molecular flexibility index (Phi) is 2.52. The number of rotatable bonds is 2. The molecule has 0 unspecified atom stereocenters. The molecule has 0 N–H and O–H groups in total. The molecule has 0 atom stereocenters. The van der Waals surface area contributed by atoms with E-state index in [0.717, 1.165) is 11.1 Å². The zero-order chi connectivity index (χ0) is 9.19. The normalized spacial score (nSPS) is 11.5. The van der Waals surface area contributed by atoms with E-state index in [1.54, 1.807) is 6.07 Å². The van der Waals surface area contributed by atoms with Crippen molar-refractivity contribution in [3.63, 3.8) is 0 Å². The van der Waals surface area contributed by atoms with E-state index < -0.39 is 9.84 Å². The van der Waals surface area contributed by atoms with E-state index in [-0.39, 0.29) is 5.75 Å². The van der Waals surface area contributed by atoms with Crippen molar-refractivity contribution in [2.24, 2.45) is 0 Å². The molecule has 12 heavy (non-hydrogen) atoms. The quantitative estimate of drug-likeness (QED) is 0.699. The van der Waals surface area contributed by atoms with Crippen molar-refractivity contribution in [1.82, 2.24) is 0 Å². The maximum absolute atomic E-state index is 10.8. The molecule has 0 fully saturated rings. The first-order valence-electron chi connectivity index (χ1n) is 3.59. The standard InChI is InChI=1S/C9H11O2S/c1-8-5-3-4-6-9(8)7-12(2,10)11/h3-6H,2,7H2,1H3. The third kappa shape index (κ3) is 2.66. The Labute approximate surface area is 73.2 Å². The fraction of sp³-hybridized carbons (Fsp3) is 0.222. The maximum Gasteiger partial charge on any atom is 0.155 e. The van der Waals surface area contributed by atoms with Crippen LogP contribution in [0.4, 0.5) is 0 Å². The van der Waals surface area contributed by atoms with Crippen molar-refractivity contribution in [2.45, 2.75) is 12.7 Å². The smallest absolute Gasteiger partial charge is 0.155 e. The van der Waals surface area contributed by atoms with Crippen LogP contribution in [0.15, 0.2) is 24.3 Å². The average Bonchev–Trinajstić information content (AvgIpc) is 1.91. The zero-order valence-electron chi connectivity index (χ0n) is 6.95. The van der Waals surface area contributed by atoms with Gasteiger partial charge in [-0.05, 0) is 18.1 Å². The monoisotopic (exact) mass is 183 g/mol. The van der Waals surface area contributed by atoms with Crippen LogP contribution in [-0.2, 0) is 15.6 Å². The Bertz CT molecular complexity index is 366. The van der Waals surface area contributed by atoms with Crippen molar-refractivity contribution in [1.29, 1.82) is 0 Å². The van der Waals surface area contributed by atoms with Crippen molar-refractivity contribution < 1.29 is 8.42 Å². The summed E-state index contributed by atoms with van der Waals surface area (Å²) in [6.07, 6.45) is 3.08. The van der Waals surface area contributed by atoms with Crippen LogP contribution in [0.2, 0.25) is 0 Å². The van der Waals surface area contributed by atoms with Crippen LogP contribution >= 0.6 is 0 Å². The molecule has 65 valence electrons. The molecule has 0 aliphatic rings. The Morgan fingerprint density at radius 1 is 1.33 bits per heavy atom. The van der Waals surface area contributed by atoms with Gasteiger partial charge in [0.1, 0.15) is 0 Å². The lowest BCUT2D eigenvalue weighted by Gasteiger charge is -2.02. The summed E-state index contributed by atoms with van der Waals surface area (Å²) in [6, 6.07) is 7.40. The molecule has 1 radical (unpaired) electrons.